The van der Waals surface area contributed by atoms with Crippen molar-refractivity contribution in [3.63, 3.8) is 0 Å². The zero-order valence-electron chi connectivity index (χ0n) is 12.8. The second kappa shape index (κ2) is 6.95. The first-order chi connectivity index (χ1) is 11.3. The molecular formula is C16H16N2O6. The summed E-state index contributed by atoms with van der Waals surface area (Å²) in [6.45, 7) is 1.44. The predicted octanol–water partition coefficient (Wildman–Crippen LogP) is 0.170. The van der Waals surface area contributed by atoms with E-state index in [2.05, 4.69) is 5.32 Å². The molecule has 0 aromatic heterocycles. The van der Waals surface area contributed by atoms with Gasteiger partial charge in [0.1, 0.15) is 6.04 Å². The highest BCUT2D eigenvalue weighted by Crippen LogP contribution is 2.18. The second-order valence-corrected chi connectivity index (χ2v) is 5.35. The Kier molecular flexibility index (Phi) is 4.98. The number of nitrogens with zero attached hydrogens (tertiary/aromatic N) is 1. The fraction of sp³-hybridized carbons (Fsp3) is 0.250. The van der Waals surface area contributed by atoms with Crippen LogP contribution in [0.5, 0.6) is 0 Å². The summed E-state index contributed by atoms with van der Waals surface area (Å²) in [4.78, 5) is 47.4. The maximum atomic E-state index is 12.2. The van der Waals surface area contributed by atoms with Gasteiger partial charge in [-0.05, 0) is 12.5 Å². The van der Waals surface area contributed by atoms with Gasteiger partial charge in [-0.15, -0.1) is 0 Å². The van der Waals surface area contributed by atoms with Gasteiger partial charge in [-0.1, -0.05) is 30.3 Å². The van der Waals surface area contributed by atoms with Crippen LogP contribution in [0, 0.1) is 0 Å². The van der Waals surface area contributed by atoms with E-state index in [1.165, 1.54) is 25.3 Å². The molecule has 8 heteroatoms. The fourth-order valence-electron chi connectivity index (χ4n) is 2.27. The van der Waals surface area contributed by atoms with Crippen LogP contribution in [0.15, 0.2) is 42.1 Å². The van der Waals surface area contributed by atoms with E-state index in [0.717, 1.165) is 4.90 Å². The van der Waals surface area contributed by atoms with Gasteiger partial charge < -0.3 is 20.4 Å². The van der Waals surface area contributed by atoms with Crippen LogP contribution in [0.1, 0.15) is 18.4 Å². The highest BCUT2D eigenvalue weighted by molar-refractivity contribution is 6.05. The van der Waals surface area contributed by atoms with Crippen molar-refractivity contribution < 1.29 is 29.4 Å². The molecule has 1 aromatic rings. The molecule has 0 bridgehead atoms. The van der Waals surface area contributed by atoms with Crippen molar-refractivity contribution in [1.29, 1.82) is 0 Å². The van der Waals surface area contributed by atoms with Crippen LogP contribution < -0.4 is 5.32 Å². The first-order valence-electron chi connectivity index (χ1n) is 7.11. The first kappa shape index (κ1) is 17.2. The van der Waals surface area contributed by atoms with Gasteiger partial charge in [-0.3, -0.25) is 14.4 Å². The van der Waals surface area contributed by atoms with Crippen molar-refractivity contribution >= 4 is 23.8 Å². The fourth-order valence-corrected chi connectivity index (χ4v) is 2.27. The van der Waals surface area contributed by atoms with Gasteiger partial charge in [0.15, 0.2) is 5.92 Å². The maximum Gasteiger partial charge on any atom is 0.332 e. The molecule has 24 heavy (non-hydrogen) atoms. The number of benzene rings is 1. The van der Waals surface area contributed by atoms with Crippen molar-refractivity contribution in [1.82, 2.24) is 10.2 Å². The summed E-state index contributed by atoms with van der Waals surface area (Å²) in [6.07, 6.45) is 1.18. The molecular weight excluding hydrogens is 316 g/mol. The molecule has 1 aromatic carbocycles. The van der Waals surface area contributed by atoms with E-state index in [-0.39, 0.29) is 12.1 Å². The molecule has 8 nitrogen and oxygen atoms in total. The monoisotopic (exact) mass is 332 g/mol. The van der Waals surface area contributed by atoms with Crippen LogP contribution in [-0.4, -0.2) is 51.5 Å². The van der Waals surface area contributed by atoms with E-state index in [1.54, 1.807) is 18.2 Å². The van der Waals surface area contributed by atoms with Gasteiger partial charge >= 0.3 is 11.9 Å². The van der Waals surface area contributed by atoms with E-state index in [9.17, 15) is 24.3 Å². The summed E-state index contributed by atoms with van der Waals surface area (Å²) < 4.78 is 0. The SMILES string of the molecule is CC(=CN1CC(NC(=O)C(C(=O)O)c2ccccc2)C1=O)C(=O)O. The smallest absolute Gasteiger partial charge is 0.332 e. The van der Waals surface area contributed by atoms with E-state index < -0.39 is 35.7 Å². The number of likely N-dealkylation sites (tertiary alicyclic amines) is 1. The molecule has 126 valence electrons. The molecule has 0 aliphatic carbocycles. The topological polar surface area (TPSA) is 124 Å². The Morgan fingerprint density at radius 2 is 1.88 bits per heavy atom. The largest absolute Gasteiger partial charge is 0.480 e. The minimum Gasteiger partial charge on any atom is -0.480 e. The number of aliphatic carboxylic acids is 2. The van der Waals surface area contributed by atoms with E-state index >= 15 is 0 Å². The zero-order valence-corrected chi connectivity index (χ0v) is 12.8. The second-order valence-electron chi connectivity index (χ2n) is 5.35. The molecule has 1 aliphatic rings. The normalized spacial score (nSPS) is 18.5. The van der Waals surface area contributed by atoms with Crippen LogP contribution in [0.25, 0.3) is 0 Å². The highest BCUT2D eigenvalue weighted by atomic mass is 16.4. The summed E-state index contributed by atoms with van der Waals surface area (Å²) in [6, 6.07) is 7.12. The Morgan fingerprint density at radius 3 is 2.38 bits per heavy atom. The lowest BCUT2D eigenvalue weighted by atomic mass is 9.97. The van der Waals surface area contributed by atoms with Gasteiger partial charge in [0.2, 0.25) is 5.91 Å². The van der Waals surface area contributed by atoms with Crippen molar-refractivity contribution in [3.05, 3.63) is 47.7 Å². The average Bonchev–Trinajstić information content (AvgIpc) is 2.53. The van der Waals surface area contributed by atoms with Crippen LogP contribution in [-0.2, 0) is 19.2 Å². The van der Waals surface area contributed by atoms with E-state index in [1.807, 2.05) is 0 Å². The molecule has 1 aliphatic heterocycles. The Balaban J connectivity index is 2.03. The quantitative estimate of drug-likeness (QED) is 0.387. The molecule has 0 spiro atoms. The van der Waals surface area contributed by atoms with Crippen LogP contribution in [0.3, 0.4) is 0 Å². The summed E-state index contributed by atoms with van der Waals surface area (Å²) in [5.74, 6) is -5.15. The molecule has 0 saturated carbocycles. The maximum absolute atomic E-state index is 12.2. The number of nitrogens with one attached hydrogen (secondary N) is 1. The van der Waals surface area contributed by atoms with E-state index in [0.29, 0.717) is 5.56 Å². The lowest BCUT2D eigenvalue weighted by molar-refractivity contribution is -0.148. The van der Waals surface area contributed by atoms with Gasteiger partial charge in [-0.25, -0.2) is 4.79 Å². The molecule has 2 rings (SSSR count). The molecule has 2 amide bonds. The molecule has 2 atom stereocenters. The summed E-state index contributed by atoms with van der Waals surface area (Å²) in [7, 11) is 0. The number of carboxylic acid groups (broad SMARTS) is 2. The standard InChI is InChI=1S/C16H16N2O6/c1-9(15(21)22)7-18-8-11(14(18)20)17-13(19)12(16(23)24)10-5-3-2-4-6-10/h2-7,11-12H,8H2,1H3,(H,17,19)(H,21,22)(H,23,24). The minimum atomic E-state index is -1.41. The van der Waals surface area contributed by atoms with Crippen molar-refractivity contribution in [2.75, 3.05) is 6.54 Å². The first-order valence-corrected chi connectivity index (χ1v) is 7.11. The van der Waals surface area contributed by atoms with Gasteiger partial charge in [0.25, 0.3) is 5.91 Å². The third-order valence-electron chi connectivity index (χ3n) is 3.61. The number of carboxylic acids is 2. The number of hydrogen-bond acceptors (Lipinski definition) is 4. The zero-order chi connectivity index (χ0) is 17.9. The number of β-lactam (4-membered cyclic amide) rings is 1. The number of carbonyl (C=O) groups is 4. The third-order valence-corrected chi connectivity index (χ3v) is 3.61. The Labute approximate surface area is 137 Å². The summed E-state index contributed by atoms with van der Waals surface area (Å²) in [5, 5.41) is 20.4. The predicted molar refractivity (Wildman–Crippen MR) is 81.9 cm³/mol. The lowest BCUT2D eigenvalue weighted by Gasteiger charge is -2.36. The third kappa shape index (κ3) is 3.60. The molecule has 1 fully saturated rings. The van der Waals surface area contributed by atoms with Crippen molar-refractivity contribution in [2.24, 2.45) is 0 Å². The molecule has 2 unspecified atom stereocenters. The van der Waals surface area contributed by atoms with Gasteiger partial charge in [-0.2, -0.15) is 0 Å². The van der Waals surface area contributed by atoms with Gasteiger partial charge in [0.05, 0.1) is 12.1 Å². The lowest BCUT2D eigenvalue weighted by Crippen LogP contribution is -2.62. The molecule has 1 heterocycles. The van der Waals surface area contributed by atoms with Crippen LogP contribution in [0.2, 0.25) is 0 Å². The van der Waals surface area contributed by atoms with Crippen molar-refractivity contribution in [2.45, 2.75) is 18.9 Å². The van der Waals surface area contributed by atoms with Gasteiger partial charge in [0, 0.05) is 6.20 Å². The Hall–Kier alpha value is -3.16. The Bertz CT molecular complexity index is 713. The number of hydrogen-bond donors (Lipinski definition) is 3. The summed E-state index contributed by atoms with van der Waals surface area (Å²) in [5.41, 5.74) is 0.300. The Morgan fingerprint density at radius 1 is 1.25 bits per heavy atom. The molecule has 3 N–H and O–H groups in total. The minimum absolute atomic E-state index is 0.0131. The summed E-state index contributed by atoms with van der Waals surface area (Å²) >= 11 is 0. The average molecular weight is 332 g/mol. The molecule has 1 saturated heterocycles. The van der Waals surface area contributed by atoms with Crippen molar-refractivity contribution in [3.8, 4) is 0 Å². The van der Waals surface area contributed by atoms with E-state index in [4.69, 9.17) is 5.11 Å². The number of rotatable bonds is 6. The molecule has 0 radical (unpaired) electrons. The number of amides is 2. The van der Waals surface area contributed by atoms with Crippen LogP contribution in [0.4, 0.5) is 0 Å². The van der Waals surface area contributed by atoms with Crippen LogP contribution >= 0.6 is 0 Å². The highest BCUT2D eigenvalue weighted by Gasteiger charge is 2.39. The number of carbonyl (C=O) groups excluding carboxylic acids is 2.